The zero-order valence-corrected chi connectivity index (χ0v) is 7.66. The fraction of sp³-hybridized carbons (Fsp3) is 0.667. The van der Waals surface area contributed by atoms with Gasteiger partial charge in [-0.1, -0.05) is 6.92 Å². The van der Waals surface area contributed by atoms with Gasteiger partial charge in [0.2, 0.25) is 0 Å². The number of rotatable bonds is 5. The van der Waals surface area contributed by atoms with Crippen molar-refractivity contribution in [1.29, 1.82) is 0 Å². The van der Waals surface area contributed by atoms with Gasteiger partial charge in [-0.15, -0.1) is 0 Å². The third kappa shape index (κ3) is 3.16. The molecule has 0 aliphatic carbocycles. The van der Waals surface area contributed by atoms with Crippen LogP contribution in [0.4, 0.5) is 0 Å². The maximum Gasteiger partial charge on any atom is 0.331 e. The van der Waals surface area contributed by atoms with Gasteiger partial charge in [0.05, 0.1) is 19.8 Å². The van der Waals surface area contributed by atoms with E-state index in [4.69, 9.17) is 14.6 Å². The number of carbonyl (C=O) groups is 1. The molecule has 1 rings (SSSR count). The normalized spacial score (nSPS) is 18.4. The lowest BCUT2D eigenvalue weighted by Gasteiger charge is -2.25. The SMILES string of the molecule is CCC(=CCOC1COC1)C(=O)O. The van der Waals surface area contributed by atoms with Gasteiger partial charge in [0, 0.05) is 5.57 Å². The zero-order chi connectivity index (χ0) is 9.68. The summed E-state index contributed by atoms with van der Waals surface area (Å²) < 4.78 is 10.2. The standard InChI is InChI=1S/C9H14O4/c1-2-7(9(10)11)3-4-13-8-5-12-6-8/h3,8H,2,4-6H2,1H3,(H,10,11). The van der Waals surface area contributed by atoms with Gasteiger partial charge in [-0.05, 0) is 12.5 Å². The Morgan fingerprint density at radius 1 is 1.69 bits per heavy atom. The van der Waals surface area contributed by atoms with Crippen molar-refractivity contribution >= 4 is 5.97 Å². The molecular formula is C9H14O4. The van der Waals surface area contributed by atoms with Crippen molar-refractivity contribution in [3.8, 4) is 0 Å². The molecule has 1 saturated heterocycles. The maximum atomic E-state index is 10.5. The first-order valence-electron chi connectivity index (χ1n) is 4.35. The minimum absolute atomic E-state index is 0.156. The monoisotopic (exact) mass is 186 g/mol. The van der Waals surface area contributed by atoms with E-state index in [9.17, 15) is 4.79 Å². The second-order valence-corrected chi connectivity index (χ2v) is 2.88. The molecule has 0 spiro atoms. The first-order valence-corrected chi connectivity index (χ1v) is 4.35. The third-order valence-electron chi connectivity index (χ3n) is 1.92. The smallest absolute Gasteiger partial charge is 0.331 e. The minimum Gasteiger partial charge on any atom is -0.478 e. The molecule has 0 bridgehead atoms. The van der Waals surface area contributed by atoms with Crippen molar-refractivity contribution in [2.24, 2.45) is 0 Å². The van der Waals surface area contributed by atoms with Gasteiger partial charge in [0.15, 0.2) is 0 Å². The molecule has 0 unspecified atom stereocenters. The number of hydrogen-bond acceptors (Lipinski definition) is 3. The molecule has 1 fully saturated rings. The Balaban J connectivity index is 2.22. The van der Waals surface area contributed by atoms with E-state index < -0.39 is 5.97 Å². The first-order chi connectivity index (χ1) is 6.24. The number of carboxylic acid groups (broad SMARTS) is 1. The summed E-state index contributed by atoms with van der Waals surface area (Å²) in [6, 6.07) is 0. The maximum absolute atomic E-state index is 10.5. The van der Waals surface area contributed by atoms with E-state index in [0.29, 0.717) is 31.8 Å². The summed E-state index contributed by atoms with van der Waals surface area (Å²) >= 11 is 0. The van der Waals surface area contributed by atoms with Gasteiger partial charge in [-0.2, -0.15) is 0 Å². The van der Waals surface area contributed by atoms with Crippen molar-refractivity contribution in [2.75, 3.05) is 19.8 Å². The summed E-state index contributed by atoms with van der Waals surface area (Å²) in [5, 5.41) is 8.66. The van der Waals surface area contributed by atoms with Crippen LogP contribution in [0.3, 0.4) is 0 Å². The van der Waals surface area contributed by atoms with Crippen molar-refractivity contribution in [1.82, 2.24) is 0 Å². The molecule has 1 heterocycles. The average molecular weight is 186 g/mol. The highest BCUT2D eigenvalue weighted by Gasteiger charge is 2.18. The fourth-order valence-corrected chi connectivity index (χ4v) is 0.978. The summed E-state index contributed by atoms with van der Waals surface area (Å²) in [7, 11) is 0. The summed E-state index contributed by atoms with van der Waals surface area (Å²) in [5.74, 6) is -0.865. The Morgan fingerprint density at radius 3 is 2.77 bits per heavy atom. The molecule has 1 N–H and O–H groups in total. The third-order valence-corrected chi connectivity index (χ3v) is 1.92. The van der Waals surface area contributed by atoms with E-state index >= 15 is 0 Å². The van der Waals surface area contributed by atoms with E-state index in [2.05, 4.69) is 0 Å². The summed E-state index contributed by atoms with van der Waals surface area (Å²) in [4.78, 5) is 10.5. The molecule has 0 radical (unpaired) electrons. The van der Waals surface area contributed by atoms with E-state index in [1.807, 2.05) is 6.92 Å². The second kappa shape index (κ2) is 4.99. The second-order valence-electron chi connectivity index (χ2n) is 2.88. The van der Waals surface area contributed by atoms with E-state index in [0.717, 1.165) is 0 Å². The molecule has 0 aromatic rings. The number of ether oxygens (including phenoxy) is 2. The Hall–Kier alpha value is -0.870. The average Bonchev–Trinajstić information content (AvgIpc) is 2.00. The fourth-order valence-electron chi connectivity index (χ4n) is 0.978. The van der Waals surface area contributed by atoms with Crippen LogP contribution in [0.5, 0.6) is 0 Å². The largest absolute Gasteiger partial charge is 0.478 e. The van der Waals surface area contributed by atoms with Gasteiger partial charge >= 0.3 is 5.97 Å². The van der Waals surface area contributed by atoms with Crippen molar-refractivity contribution in [2.45, 2.75) is 19.4 Å². The molecule has 74 valence electrons. The van der Waals surface area contributed by atoms with Crippen LogP contribution in [0, 0.1) is 0 Å². The lowest BCUT2D eigenvalue weighted by molar-refractivity contribution is -0.133. The predicted octanol–water partition coefficient (Wildman–Crippen LogP) is 0.823. The van der Waals surface area contributed by atoms with Gasteiger partial charge in [0.25, 0.3) is 0 Å². The van der Waals surface area contributed by atoms with Crippen molar-refractivity contribution < 1.29 is 19.4 Å². The van der Waals surface area contributed by atoms with E-state index in [1.54, 1.807) is 6.08 Å². The number of aliphatic carboxylic acids is 1. The Bertz CT molecular complexity index is 206. The molecule has 1 aliphatic heterocycles. The zero-order valence-electron chi connectivity index (χ0n) is 7.66. The van der Waals surface area contributed by atoms with Gasteiger partial charge in [-0.3, -0.25) is 0 Å². The van der Waals surface area contributed by atoms with Crippen LogP contribution < -0.4 is 0 Å². The highest BCUT2D eigenvalue weighted by molar-refractivity contribution is 5.86. The molecule has 0 aromatic heterocycles. The Kier molecular flexibility index (Phi) is 3.92. The van der Waals surface area contributed by atoms with Crippen LogP contribution in [-0.4, -0.2) is 37.0 Å². The molecule has 4 nitrogen and oxygen atoms in total. The highest BCUT2D eigenvalue weighted by atomic mass is 16.6. The number of hydrogen-bond donors (Lipinski definition) is 1. The van der Waals surface area contributed by atoms with Gasteiger partial charge < -0.3 is 14.6 Å². The molecule has 13 heavy (non-hydrogen) atoms. The van der Waals surface area contributed by atoms with Crippen LogP contribution in [-0.2, 0) is 14.3 Å². The van der Waals surface area contributed by atoms with E-state index in [1.165, 1.54) is 0 Å². The number of carboxylic acids is 1. The summed E-state index contributed by atoms with van der Waals surface area (Å²) in [6.45, 7) is 3.43. The molecule has 4 heteroatoms. The molecule has 0 amide bonds. The highest BCUT2D eigenvalue weighted by Crippen LogP contribution is 2.06. The predicted molar refractivity (Wildman–Crippen MR) is 46.6 cm³/mol. The molecule has 0 saturated carbocycles. The molecule has 0 atom stereocenters. The van der Waals surface area contributed by atoms with Crippen LogP contribution in [0.1, 0.15) is 13.3 Å². The lowest BCUT2D eigenvalue weighted by Crippen LogP contribution is -2.36. The van der Waals surface area contributed by atoms with Crippen molar-refractivity contribution in [3.63, 3.8) is 0 Å². The van der Waals surface area contributed by atoms with Gasteiger partial charge in [0.1, 0.15) is 6.10 Å². The van der Waals surface area contributed by atoms with Crippen molar-refractivity contribution in [3.05, 3.63) is 11.6 Å². The summed E-state index contributed by atoms with van der Waals surface area (Å²) in [6.07, 6.45) is 2.30. The summed E-state index contributed by atoms with van der Waals surface area (Å²) in [5.41, 5.74) is 0.403. The first kappa shape index (κ1) is 10.2. The molecule has 0 aromatic carbocycles. The lowest BCUT2D eigenvalue weighted by atomic mass is 10.2. The van der Waals surface area contributed by atoms with Gasteiger partial charge in [-0.25, -0.2) is 4.79 Å². The Morgan fingerprint density at radius 2 is 2.38 bits per heavy atom. The molecule has 1 aliphatic rings. The van der Waals surface area contributed by atoms with E-state index in [-0.39, 0.29) is 6.10 Å². The quantitative estimate of drug-likeness (QED) is 0.646. The van der Waals surface area contributed by atoms with Crippen LogP contribution in [0.2, 0.25) is 0 Å². The topological polar surface area (TPSA) is 55.8 Å². The van der Waals surface area contributed by atoms with Crippen LogP contribution in [0.25, 0.3) is 0 Å². The Labute approximate surface area is 77.1 Å². The van der Waals surface area contributed by atoms with Crippen LogP contribution >= 0.6 is 0 Å². The minimum atomic E-state index is -0.865. The van der Waals surface area contributed by atoms with Crippen LogP contribution in [0.15, 0.2) is 11.6 Å². The molecular weight excluding hydrogens is 172 g/mol.